The minimum atomic E-state index is -0.415. The van der Waals surface area contributed by atoms with E-state index in [0.717, 1.165) is 0 Å². The number of rotatable bonds is 2. The van der Waals surface area contributed by atoms with Gasteiger partial charge in [0.15, 0.2) is 0 Å². The second-order valence-electron chi connectivity index (χ2n) is 3.45. The Balaban J connectivity index is 2.10. The van der Waals surface area contributed by atoms with Crippen molar-refractivity contribution in [2.24, 2.45) is 0 Å². The Hall–Kier alpha value is -1.75. The summed E-state index contributed by atoms with van der Waals surface area (Å²) in [6.07, 6.45) is -0.139. The zero-order valence-corrected chi connectivity index (χ0v) is 8.10. The van der Waals surface area contributed by atoms with Crippen LogP contribution in [0.2, 0.25) is 0 Å². The van der Waals surface area contributed by atoms with Gasteiger partial charge in [0.2, 0.25) is 0 Å². The molecule has 1 heterocycles. The highest BCUT2D eigenvalue weighted by Gasteiger charge is 2.23. The molecule has 0 amide bonds. The van der Waals surface area contributed by atoms with Crippen LogP contribution in [0.4, 0.5) is 11.4 Å². The summed E-state index contributed by atoms with van der Waals surface area (Å²) >= 11 is 0. The third kappa shape index (κ3) is 2.19. The van der Waals surface area contributed by atoms with Gasteiger partial charge in [0, 0.05) is 11.4 Å². The minimum Gasteiger partial charge on any atom is -0.454 e. The first-order chi connectivity index (χ1) is 7.15. The molecule has 0 radical (unpaired) electrons. The van der Waals surface area contributed by atoms with Crippen LogP contribution in [-0.2, 0) is 9.47 Å². The van der Waals surface area contributed by atoms with Crippen LogP contribution < -0.4 is 11.5 Å². The molecule has 0 unspecified atom stereocenters. The van der Waals surface area contributed by atoms with E-state index in [0.29, 0.717) is 30.2 Å². The second-order valence-corrected chi connectivity index (χ2v) is 3.45. The Morgan fingerprint density at radius 2 is 1.87 bits per heavy atom. The van der Waals surface area contributed by atoms with Gasteiger partial charge in [-0.15, -0.1) is 0 Å². The van der Waals surface area contributed by atoms with E-state index < -0.39 is 5.97 Å². The summed E-state index contributed by atoms with van der Waals surface area (Å²) in [6, 6.07) is 4.67. The number of hydrogen-bond donors (Lipinski definition) is 2. The first kappa shape index (κ1) is 9.79. The average molecular weight is 208 g/mol. The zero-order valence-electron chi connectivity index (χ0n) is 8.10. The third-order valence-corrected chi connectivity index (χ3v) is 2.09. The average Bonchev–Trinajstić information content (AvgIpc) is 2.09. The van der Waals surface area contributed by atoms with Gasteiger partial charge in [-0.05, 0) is 18.2 Å². The lowest BCUT2D eigenvalue weighted by Gasteiger charge is -2.25. The number of esters is 1. The zero-order chi connectivity index (χ0) is 10.8. The maximum absolute atomic E-state index is 11.6. The van der Waals surface area contributed by atoms with Gasteiger partial charge in [-0.1, -0.05) is 0 Å². The van der Waals surface area contributed by atoms with Crippen molar-refractivity contribution in [1.82, 2.24) is 0 Å². The smallest absolute Gasteiger partial charge is 0.338 e. The summed E-state index contributed by atoms with van der Waals surface area (Å²) in [5.41, 5.74) is 12.4. The van der Waals surface area contributed by atoms with Gasteiger partial charge >= 0.3 is 5.97 Å². The molecular weight excluding hydrogens is 196 g/mol. The number of benzene rings is 1. The number of nitrogens with two attached hydrogens (primary N) is 2. The predicted octanol–water partition coefficient (Wildman–Crippen LogP) is 0.407. The molecule has 0 spiro atoms. The number of carbonyl (C=O) groups excluding carboxylic acids is 1. The van der Waals surface area contributed by atoms with E-state index >= 15 is 0 Å². The highest BCUT2D eigenvalue weighted by Crippen LogP contribution is 2.16. The van der Waals surface area contributed by atoms with Gasteiger partial charge < -0.3 is 20.9 Å². The largest absolute Gasteiger partial charge is 0.454 e. The van der Waals surface area contributed by atoms with Gasteiger partial charge in [-0.25, -0.2) is 4.79 Å². The van der Waals surface area contributed by atoms with E-state index in [2.05, 4.69) is 0 Å². The van der Waals surface area contributed by atoms with E-state index in [1.54, 1.807) is 6.07 Å². The van der Waals surface area contributed by atoms with E-state index in [-0.39, 0.29) is 6.10 Å². The van der Waals surface area contributed by atoms with Crippen molar-refractivity contribution in [3.05, 3.63) is 23.8 Å². The number of ether oxygens (including phenoxy) is 2. The molecule has 1 aliphatic heterocycles. The number of nitrogen functional groups attached to an aromatic ring is 2. The summed E-state index contributed by atoms with van der Waals surface area (Å²) < 4.78 is 10.00. The van der Waals surface area contributed by atoms with E-state index in [1.807, 2.05) is 0 Å². The van der Waals surface area contributed by atoms with Crippen molar-refractivity contribution in [3.63, 3.8) is 0 Å². The standard InChI is InChI=1S/C10H12N2O3/c11-7-1-6(2-8(12)3-7)10(13)15-9-4-14-5-9/h1-3,9H,4-5,11-12H2. The van der Waals surface area contributed by atoms with E-state index in [9.17, 15) is 4.79 Å². The van der Waals surface area contributed by atoms with Crippen LogP contribution in [0, 0.1) is 0 Å². The molecule has 1 aromatic carbocycles. The third-order valence-electron chi connectivity index (χ3n) is 2.09. The van der Waals surface area contributed by atoms with Crippen molar-refractivity contribution in [2.75, 3.05) is 24.7 Å². The number of anilines is 2. The van der Waals surface area contributed by atoms with Crippen LogP contribution in [0.25, 0.3) is 0 Å². The maximum atomic E-state index is 11.6. The molecule has 5 nitrogen and oxygen atoms in total. The van der Waals surface area contributed by atoms with Gasteiger partial charge in [-0.3, -0.25) is 0 Å². The molecular formula is C10H12N2O3. The molecule has 80 valence electrons. The summed E-state index contributed by atoms with van der Waals surface area (Å²) in [6.45, 7) is 0.924. The fourth-order valence-corrected chi connectivity index (χ4v) is 1.30. The Labute approximate surface area is 87.0 Å². The fourth-order valence-electron chi connectivity index (χ4n) is 1.30. The van der Waals surface area contributed by atoms with Crippen molar-refractivity contribution in [1.29, 1.82) is 0 Å². The van der Waals surface area contributed by atoms with E-state index in [1.165, 1.54) is 12.1 Å². The molecule has 0 aliphatic carbocycles. The second kappa shape index (κ2) is 3.78. The molecule has 2 rings (SSSR count). The quantitative estimate of drug-likeness (QED) is 0.542. The summed E-state index contributed by atoms with van der Waals surface area (Å²) in [5, 5.41) is 0. The van der Waals surface area contributed by atoms with Crippen molar-refractivity contribution in [3.8, 4) is 0 Å². The Morgan fingerprint density at radius 1 is 1.27 bits per heavy atom. The summed E-state index contributed by atoms with van der Waals surface area (Å²) in [5.74, 6) is -0.415. The van der Waals surface area contributed by atoms with Crippen molar-refractivity contribution < 1.29 is 14.3 Å². The summed E-state index contributed by atoms with van der Waals surface area (Å²) in [4.78, 5) is 11.6. The lowest BCUT2D eigenvalue weighted by atomic mass is 10.2. The van der Waals surface area contributed by atoms with E-state index in [4.69, 9.17) is 20.9 Å². The van der Waals surface area contributed by atoms with Crippen molar-refractivity contribution >= 4 is 17.3 Å². The normalized spacial score (nSPS) is 15.7. The Morgan fingerprint density at radius 3 is 2.33 bits per heavy atom. The van der Waals surface area contributed by atoms with Crippen LogP contribution in [0.15, 0.2) is 18.2 Å². The first-order valence-corrected chi connectivity index (χ1v) is 4.60. The Bertz CT molecular complexity index is 368. The minimum absolute atomic E-state index is 0.139. The predicted molar refractivity (Wildman–Crippen MR) is 55.3 cm³/mol. The molecule has 1 aromatic rings. The molecule has 5 heteroatoms. The van der Waals surface area contributed by atoms with Crippen LogP contribution in [0.1, 0.15) is 10.4 Å². The lowest BCUT2D eigenvalue weighted by Crippen LogP contribution is -2.37. The highest BCUT2D eigenvalue weighted by atomic mass is 16.6. The first-order valence-electron chi connectivity index (χ1n) is 4.60. The van der Waals surface area contributed by atoms with Crippen molar-refractivity contribution in [2.45, 2.75) is 6.10 Å². The maximum Gasteiger partial charge on any atom is 0.338 e. The molecule has 15 heavy (non-hydrogen) atoms. The molecule has 0 aromatic heterocycles. The number of carbonyl (C=O) groups is 1. The highest BCUT2D eigenvalue weighted by molar-refractivity contribution is 5.91. The molecule has 4 N–H and O–H groups in total. The topological polar surface area (TPSA) is 87.6 Å². The molecule has 0 atom stereocenters. The van der Waals surface area contributed by atoms with Gasteiger partial charge in [0.25, 0.3) is 0 Å². The van der Waals surface area contributed by atoms with Gasteiger partial charge in [0.1, 0.15) is 6.10 Å². The van der Waals surface area contributed by atoms with Crippen LogP contribution in [0.3, 0.4) is 0 Å². The molecule has 0 bridgehead atoms. The van der Waals surface area contributed by atoms with Gasteiger partial charge in [0.05, 0.1) is 18.8 Å². The monoisotopic (exact) mass is 208 g/mol. The Kier molecular flexibility index (Phi) is 2.47. The van der Waals surface area contributed by atoms with Gasteiger partial charge in [-0.2, -0.15) is 0 Å². The molecule has 1 fully saturated rings. The molecule has 0 saturated carbocycles. The molecule has 1 saturated heterocycles. The lowest BCUT2D eigenvalue weighted by molar-refractivity contribution is -0.103. The van der Waals surface area contributed by atoms with Crippen LogP contribution >= 0.6 is 0 Å². The molecule has 1 aliphatic rings. The summed E-state index contributed by atoms with van der Waals surface area (Å²) in [7, 11) is 0. The number of hydrogen-bond acceptors (Lipinski definition) is 5. The van der Waals surface area contributed by atoms with Crippen LogP contribution in [-0.4, -0.2) is 25.3 Å². The SMILES string of the molecule is Nc1cc(N)cc(C(=O)OC2COC2)c1. The fraction of sp³-hybridized carbons (Fsp3) is 0.300. The van der Waals surface area contributed by atoms with Crippen LogP contribution in [0.5, 0.6) is 0 Å².